The van der Waals surface area contributed by atoms with Crippen molar-refractivity contribution < 1.29 is 25.0 Å². The average Bonchev–Trinajstić information content (AvgIpc) is 2.45. The maximum absolute atomic E-state index is 10.6. The van der Waals surface area contributed by atoms with Crippen LogP contribution in [0, 0.1) is 10.1 Å². The second-order valence-corrected chi connectivity index (χ2v) is 3.29. The van der Waals surface area contributed by atoms with Crippen molar-refractivity contribution in [3.05, 3.63) is 16.3 Å². The number of aromatic nitrogens is 2. The van der Waals surface area contributed by atoms with Crippen LogP contribution in [-0.2, 0) is 6.10 Å². The first-order chi connectivity index (χ1) is 7.21. The zero-order valence-corrected chi connectivity index (χ0v) is 8.56. The lowest BCUT2D eigenvalue weighted by molar-refractivity contribution is -0.390. The molecule has 16 heavy (non-hydrogen) atoms. The third kappa shape index (κ3) is 2.66. The van der Waals surface area contributed by atoms with E-state index in [-0.39, 0.29) is 10.8 Å². The second kappa shape index (κ2) is 4.04. The molecule has 3 N–H and O–H groups in total. The topological polar surface area (TPSA) is 131 Å². The van der Waals surface area contributed by atoms with E-state index in [2.05, 4.69) is 5.10 Å². The quantitative estimate of drug-likeness (QED) is 0.349. The maximum Gasteiger partial charge on any atom is 0.389 e. The molecule has 0 aliphatic carbocycles. The van der Waals surface area contributed by atoms with Gasteiger partial charge in [-0.3, -0.25) is 10.1 Å². The van der Waals surface area contributed by atoms with Crippen LogP contribution >= 0.6 is 0 Å². The minimum absolute atomic E-state index is 0.211. The van der Waals surface area contributed by atoms with Crippen molar-refractivity contribution in [2.75, 3.05) is 0 Å². The number of rotatable bonds is 4. The van der Waals surface area contributed by atoms with Crippen molar-refractivity contribution >= 4 is 5.69 Å². The third-order valence-corrected chi connectivity index (χ3v) is 1.51. The summed E-state index contributed by atoms with van der Waals surface area (Å²) in [5, 5.41) is 40.2. The Bertz CT molecular complexity index is 393. The van der Waals surface area contributed by atoms with E-state index in [0.29, 0.717) is 6.20 Å². The van der Waals surface area contributed by atoms with Crippen LogP contribution in [0.3, 0.4) is 0 Å². The van der Waals surface area contributed by atoms with Crippen LogP contribution in [0.4, 0.5) is 5.69 Å². The average molecular weight is 233 g/mol. The molecular weight excluding hydrogens is 222 g/mol. The van der Waals surface area contributed by atoms with E-state index in [4.69, 9.17) is 20.1 Å². The summed E-state index contributed by atoms with van der Waals surface area (Å²) in [6, 6.07) is 0. The number of ether oxygens (including phenoxy) is 1. The van der Waals surface area contributed by atoms with E-state index in [9.17, 15) is 10.1 Å². The third-order valence-electron chi connectivity index (χ3n) is 1.51. The monoisotopic (exact) mass is 233 g/mol. The van der Waals surface area contributed by atoms with Gasteiger partial charge in [0.05, 0.1) is 11.0 Å². The van der Waals surface area contributed by atoms with E-state index < -0.39 is 22.6 Å². The van der Waals surface area contributed by atoms with E-state index in [1.54, 1.807) is 13.8 Å². The Morgan fingerprint density at radius 3 is 2.50 bits per heavy atom. The molecule has 0 bridgehead atoms. The summed E-state index contributed by atoms with van der Waals surface area (Å²) in [6.07, 6.45) is -3.03. The molecule has 0 aliphatic heterocycles. The molecule has 1 aromatic heterocycles. The van der Waals surface area contributed by atoms with Crippen LogP contribution in [0.25, 0.3) is 0 Å². The Balaban J connectivity index is 3.15. The van der Waals surface area contributed by atoms with Crippen molar-refractivity contribution in [2.45, 2.75) is 26.0 Å². The Kier molecular flexibility index (Phi) is 3.12. The molecule has 0 aliphatic rings. The molecule has 9 heteroatoms. The van der Waals surface area contributed by atoms with Crippen LogP contribution in [0.1, 0.15) is 13.8 Å². The Morgan fingerprint density at radius 1 is 1.56 bits per heavy atom. The van der Waals surface area contributed by atoms with Crippen LogP contribution in [0.15, 0.2) is 6.20 Å². The van der Waals surface area contributed by atoms with Gasteiger partial charge in [-0.1, -0.05) is 0 Å². The Morgan fingerprint density at radius 2 is 2.12 bits per heavy atom. The largest absolute Gasteiger partial charge is 0.469 e. The highest BCUT2D eigenvalue weighted by atomic mass is 16.7. The summed E-state index contributed by atoms with van der Waals surface area (Å²) in [5.74, 6) is -0.401. The van der Waals surface area contributed by atoms with Gasteiger partial charge >= 0.3 is 17.7 Å². The minimum Gasteiger partial charge on any atom is -0.469 e. The van der Waals surface area contributed by atoms with Gasteiger partial charge < -0.3 is 20.1 Å². The molecule has 0 unspecified atom stereocenters. The standard InChI is InChI=1S/C7H11N3O6/c1-4(2)16-6-5(10(14)15)3-9(8-6)7(11,12)13/h3-4,11-13H,1-2H3. The lowest BCUT2D eigenvalue weighted by Crippen LogP contribution is -2.32. The first-order valence-corrected chi connectivity index (χ1v) is 4.30. The summed E-state index contributed by atoms with van der Waals surface area (Å²) < 4.78 is 5.19. The molecule has 0 saturated carbocycles. The minimum atomic E-state index is -3.30. The molecule has 90 valence electrons. The summed E-state index contributed by atoms with van der Waals surface area (Å²) in [6.45, 7) is 3.24. The van der Waals surface area contributed by atoms with Crippen molar-refractivity contribution in [3.63, 3.8) is 0 Å². The summed E-state index contributed by atoms with van der Waals surface area (Å²) in [5.41, 5.74) is -0.574. The Labute approximate surface area is 89.6 Å². The molecule has 0 atom stereocenters. The number of nitrogens with zero attached hydrogens (tertiary/aromatic N) is 3. The summed E-state index contributed by atoms with van der Waals surface area (Å²) in [4.78, 5) is 9.76. The van der Waals surface area contributed by atoms with Gasteiger partial charge in [-0.15, -0.1) is 5.10 Å². The van der Waals surface area contributed by atoms with Crippen LogP contribution in [0.5, 0.6) is 5.88 Å². The fourth-order valence-electron chi connectivity index (χ4n) is 0.935. The van der Waals surface area contributed by atoms with Crippen molar-refractivity contribution in [3.8, 4) is 5.88 Å². The molecule has 0 saturated heterocycles. The maximum atomic E-state index is 10.6. The second-order valence-electron chi connectivity index (χ2n) is 3.29. The highest BCUT2D eigenvalue weighted by molar-refractivity contribution is 5.38. The predicted octanol–water partition coefficient (Wildman–Crippen LogP) is -0.877. The van der Waals surface area contributed by atoms with E-state index in [1.807, 2.05) is 0 Å². The van der Waals surface area contributed by atoms with Gasteiger partial charge in [0, 0.05) is 0 Å². The number of aliphatic hydroxyl groups is 3. The van der Waals surface area contributed by atoms with Gasteiger partial charge in [0.25, 0.3) is 0 Å². The smallest absolute Gasteiger partial charge is 0.389 e. The predicted molar refractivity (Wildman–Crippen MR) is 49.3 cm³/mol. The van der Waals surface area contributed by atoms with Gasteiger partial charge in [0.1, 0.15) is 6.20 Å². The highest BCUT2D eigenvalue weighted by Crippen LogP contribution is 2.27. The van der Waals surface area contributed by atoms with Gasteiger partial charge in [0.15, 0.2) is 0 Å². The van der Waals surface area contributed by atoms with Gasteiger partial charge in [0.2, 0.25) is 0 Å². The first-order valence-electron chi connectivity index (χ1n) is 4.30. The Hall–Kier alpha value is -1.71. The molecular formula is C7H11N3O6. The molecule has 0 radical (unpaired) electrons. The number of nitro groups is 1. The van der Waals surface area contributed by atoms with E-state index >= 15 is 0 Å². The van der Waals surface area contributed by atoms with Gasteiger partial charge in [-0.2, -0.15) is 4.68 Å². The van der Waals surface area contributed by atoms with Gasteiger partial charge in [-0.05, 0) is 13.8 Å². The highest BCUT2D eigenvalue weighted by Gasteiger charge is 2.30. The fraction of sp³-hybridized carbons (Fsp3) is 0.571. The molecule has 1 heterocycles. The molecule has 0 fully saturated rings. The summed E-state index contributed by atoms with van der Waals surface area (Å²) in [7, 11) is 0. The number of hydrogen-bond acceptors (Lipinski definition) is 7. The lowest BCUT2D eigenvalue weighted by atomic mass is 10.5. The van der Waals surface area contributed by atoms with E-state index in [0.717, 1.165) is 0 Å². The van der Waals surface area contributed by atoms with Crippen LogP contribution in [-0.4, -0.2) is 36.1 Å². The first kappa shape index (κ1) is 12.4. The summed E-state index contributed by atoms with van der Waals surface area (Å²) >= 11 is 0. The normalized spacial score (nSPS) is 11.9. The van der Waals surface area contributed by atoms with Crippen LogP contribution < -0.4 is 4.74 Å². The molecule has 0 aromatic carbocycles. The van der Waals surface area contributed by atoms with Gasteiger partial charge in [-0.25, -0.2) is 0 Å². The number of hydrogen-bond donors (Lipinski definition) is 3. The molecule has 9 nitrogen and oxygen atoms in total. The SMILES string of the molecule is CC(C)Oc1nn(C(O)(O)O)cc1[N+](=O)[O-]. The van der Waals surface area contributed by atoms with Crippen molar-refractivity contribution in [2.24, 2.45) is 0 Å². The molecule has 0 spiro atoms. The van der Waals surface area contributed by atoms with Crippen LogP contribution in [0.2, 0.25) is 0 Å². The lowest BCUT2D eigenvalue weighted by Gasteiger charge is -2.12. The molecule has 1 rings (SSSR count). The van der Waals surface area contributed by atoms with E-state index in [1.165, 1.54) is 0 Å². The van der Waals surface area contributed by atoms with Crippen molar-refractivity contribution in [1.82, 2.24) is 9.78 Å². The molecule has 1 aromatic rings. The van der Waals surface area contributed by atoms with Crippen molar-refractivity contribution in [1.29, 1.82) is 0 Å². The zero-order valence-electron chi connectivity index (χ0n) is 8.56. The fourth-order valence-corrected chi connectivity index (χ4v) is 0.935. The molecule has 0 amide bonds. The zero-order chi connectivity index (χ0) is 12.5.